The third-order valence-electron chi connectivity index (χ3n) is 4.73. The number of fused-ring (bicyclic) bond motifs is 1. The number of anilines is 2. The van der Waals surface area contributed by atoms with Gasteiger partial charge in [0.1, 0.15) is 5.75 Å². The second-order valence-corrected chi connectivity index (χ2v) is 8.71. The van der Waals surface area contributed by atoms with E-state index in [0.29, 0.717) is 41.7 Å². The van der Waals surface area contributed by atoms with Gasteiger partial charge in [-0.3, -0.25) is 9.52 Å². The molecule has 3 aromatic carbocycles. The molecular weight excluding hydrogens is 432 g/mol. The fourth-order valence-corrected chi connectivity index (χ4v) is 4.22. The van der Waals surface area contributed by atoms with Gasteiger partial charge < -0.3 is 19.5 Å². The minimum Gasteiger partial charge on any atom is -0.497 e. The number of rotatable bonds is 6. The summed E-state index contributed by atoms with van der Waals surface area (Å²) in [4.78, 5) is 12.7. The van der Waals surface area contributed by atoms with Gasteiger partial charge in [0, 0.05) is 35.5 Å². The van der Waals surface area contributed by atoms with Crippen LogP contribution < -0.4 is 24.2 Å². The fourth-order valence-electron chi connectivity index (χ4n) is 3.15. The summed E-state index contributed by atoms with van der Waals surface area (Å²) in [6.07, 6.45) is 0.722. The summed E-state index contributed by atoms with van der Waals surface area (Å²) >= 11 is 0. The topological polar surface area (TPSA) is 103 Å². The number of amides is 1. The largest absolute Gasteiger partial charge is 0.497 e. The number of carbonyl (C=O) groups is 1. The highest BCUT2D eigenvalue weighted by molar-refractivity contribution is 7.92. The van der Waals surface area contributed by atoms with E-state index in [1.165, 1.54) is 18.2 Å². The van der Waals surface area contributed by atoms with E-state index in [-0.39, 0.29) is 16.5 Å². The third kappa shape index (κ3) is 4.94. The van der Waals surface area contributed by atoms with E-state index < -0.39 is 10.0 Å². The highest BCUT2D eigenvalue weighted by Crippen LogP contribution is 2.32. The molecule has 3 aromatic rings. The molecule has 0 fully saturated rings. The zero-order valence-electron chi connectivity index (χ0n) is 17.3. The molecule has 0 saturated heterocycles. The first kappa shape index (κ1) is 21.5. The third-order valence-corrected chi connectivity index (χ3v) is 6.11. The smallest absolute Gasteiger partial charge is 0.262 e. The van der Waals surface area contributed by atoms with Crippen molar-refractivity contribution in [3.63, 3.8) is 0 Å². The average Bonchev–Trinajstić information content (AvgIpc) is 3.04. The molecule has 1 heterocycles. The number of carbonyl (C=O) groups excluding carboxylic acids is 1. The van der Waals surface area contributed by atoms with E-state index >= 15 is 0 Å². The summed E-state index contributed by atoms with van der Waals surface area (Å²) in [5.41, 5.74) is 1.12. The molecule has 0 unspecified atom stereocenters. The van der Waals surface area contributed by atoms with Gasteiger partial charge in [0.15, 0.2) is 11.5 Å². The van der Waals surface area contributed by atoms with E-state index in [4.69, 9.17) is 14.2 Å². The van der Waals surface area contributed by atoms with Crippen LogP contribution >= 0.6 is 0 Å². The number of benzene rings is 3. The van der Waals surface area contributed by atoms with Crippen molar-refractivity contribution < 1.29 is 27.4 Å². The van der Waals surface area contributed by atoms with Crippen LogP contribution in [0.3, 0.4) is 0 Å². The summed E-state index contributed by atoms with van der Waals surface area (Å²) in [5, 5.41) is 2.77. The van der Waals surface area contributed by atoms with Gasteiger partial charge in [-0.05, 0) is 42.5 Å². The van der Waals surface area contributed by atoms with Gasteiger partial charge >= 0.3 is 0 Å². The Morgan fingerprint density at radius 3 is 2.47 bits per heavy atom. The Hall–Kier alpha value is -3.72. The standard InChI is InChI=1S/C23H22N2O6S/c1-29-19-8-3-6-17(14-19)24-23(26)16-5-2-7-18(13-16)25-32(27,28)20-9-10-21-22(15-20)31-12-4-11-30-21/h2-3,5-10,13-15,25H,4,11-12H2,1H3,(H,24,26). The van der Waals surface area contributed by atoms with Crippen LogP contribution in [0.5, 0.6) is 17.2 Å². The van der Waals surface area contributed by atoms with Crippen molar-refractivity contribution in [2.24, 2.45) is 0 Å². The SMILES string of the molecule is COc1cccc(NC(=O)c2cccc(NS(=O)(=O)c3ccc4c(c3)OCCCO4)c2)c1. The van der Waals surface area contributed by atoms with Crippen molar-refractivity contribution in [1.82, 2.24) is 0 Å². The lowest BCUT2D eigenvalue weighted by molar-refractivity contribution is 0.102. The molecule has 0 aliphatic carbocycles. The molecule has 0 saturated carbocycles. The molecule has 166 valence electrons. The number of hydrogen-bond acceptors (Lipinski definition) is 6. The molecular formula is C23H22N2O6S. The molecule has 4 rings (SSSR count). The van der Waals surface area contributed by atoms with Crippen molar-refractivity contribution in [3.8, 4) is 17.2 Å². The van der Waals surface area contributed by atoms with Gasteiger partial charge in [-0.25, -0.2) is 8.42 Å². The van der Waals surface area contributed by atoms with Crippen LogP contribution in [-0.2, 0) is 10.0 Å². The van der Waals surface area contributed by atoms with Crippen LogP contribution in [0.1, 0.15) is 16.8 Å². The van der Waals surface area contributed by atoms with Crippen molar-refractivity contribution in [1.29, 1.82) is 0 Å². The monoisotopic (exact) mass is 454 g/mol. The maximum atomic E-state index is 12.9. The fraction of sp³-hybridized carbons (Fsp3) is 0.174. The van der Waals surface area contributed by atoms with Crippen LogP contribution in [0.25, 0.3) is 0 Å². The van der Waals surface area contributed by atoms with Gasteiger partial charge in [0.05, 0.1) is 25.2 Å². The Bertz CT molecular complexity index is 1240. The number of sulfonamides is 1. The van der Waals surface area contributed by atoms with Crippen LogP contribution in [-0.4, -0.2) is 34.6 Å². The number of ether oxygens (including phenoxy) is 3. The van der Waals surface area contributed by atoms with Crippen LogP contribution in [0.15, 0.2) is 71.6 Å². The summed E-state index contributed by atoms with van der Waals surface area (Å²) in [7, 11) is -2.36. The first-order chi connectivity index (χ1) is 15.4. The lowest BCUT2D eigenvalue weighted by Gasteiger charge is -2.12. The molecule has 1 aliphatic heterocycles. The maximum absolute atomic E-state index is 12.9. The van der Waals surface area contributed by atoms with Gasteiger partial charge in [0.2, 0.25) is 0 Å². The van der Waals surface area contributed by atoms with Crippen LogP contribution in [0.2, 0.25) is 0 Å². The van der Waals surface area contributed by atoms with Gasteiger partial charge in [-0.15, -0.1) is 0 Å². The molecule has 0 spiro atoms. The molecule has 0 aromatic heterocycles. The minimum absolute atomic E-state index is 0.0352. The highest BCUT2D eigenvalue weighted by atomic mass is 32.2. The average molecular weight is 455 g/mol. The van der Waals surface area contributed by atoms with Gasteiger partial charge in [-0.2, -0.15) is 0 Å². The normalized spacial score (nSPS) is 13.0. The first-order valence-electron chi connectivity index (χ1n) is 9.92. The minimum atomic E-state index is -3.90. The second-order valence-electron chi connectivity index (χ2n) is 7.03. The molecule has 8 nitrogen and oxygen atoms in total. The van der Waals surface area contributed by atoms with Gasteiger partial charge in [0.25, 0.3) is 15.9 Å². The van der Waals surface area contributed by atoms with Crippen molar-refractivity contribution in [3.05, 3.63) is 72.3 Å². The Kier molecular flexibility index (Phi) is 6.18. The van der Waals surface area contributed by atoms with Crippen LogP contribution in [0, 0.1) is 0 Å². The molecule has 0 bridgehead atoms. The van der Waals surface area contributed by atoms with E-state index in [1.54, 1.807) is 55.6 Å². The Morgan fingerprint density at radius 1 is 0.906 bits per heavy atom. The van der Waals surface area contributed by atoms with Crippen molar-refractivity contribution in [2.45, 2.75) is 11.3 Å². The van der Waals surface area contributed by atoms with Crippen molar-refractivity contribution in [2.75, 3.05) is 30.4 Å². The molecule has 32 heavy (non-hydrogen) atoms. The number of hydrogen-bond donors (Lipinski definition) is 2. The van der Waals surface area contributed by atoms with Gasteiger partial charge in [-0.1, -0.05) is 12.1 Å². The molecule has 9 heteroatoms. The molecule has 1 amide bonds. The predicted octanol–water partition coefficient (Wildman–Crippen LogP) is 3.91. The Labute approximate surface area is 186 Å². The quantitative estimate of drug-likeness (QED) is 0.585. The lowest BCUT2D eigenvalue weighted by Crippen LogP contribution is -2.15. The maximum Gasteiger partial charge on any atom is 0.262 e. The number of methoxy groups -OCH3 is 1. The Morgan fingerprint density at radius 2 is 1.66 bits per heavy atom. The predicted molar refractivity (Wildman–Crippen MR) is 120 cm³/mol. The van der Waals surface area contributed by atoms with E-state index in [1.807, 2.05) is 0 Å². The van der Waals surface area contributed by atoms with E-state index in [0.717, 1.165) is 6.42 Å². The zero-order valence-corrected chi connectivity index (χ0v) is 18.1. The summed E-state index contributed by atoms with van der Waals surface area (Å²) in [6.45, 7) is 0.969. The highest BCUT2D eigenvalue weighted by Gasteiger charge is 2.19. The summed E-state index contributed by atoms with van der Waals surface area (Å²) in [6, 6.07) is 17.7. The second kappa shape index (κ2) is 9.19. The van der Waals surface area contributed by atoms with E-state index in [2.05, 4.69) is 10.0 Å². The summed E-state index contributed by atoms with van der Waals surface area (Å²) in [5.74, 6) is 1.13. The number of nitrogens with one attached hydrogen (secondary N) is 2. The van der Waals surface area contributed by atoms with Crippen molar-refractivity contribution >= 4 is 27.3 Å². The Balaban J connectivity index is 1.52. The van der Waals surface area contributed by atoms with E-state index in [9.17, 15) is 13.2 Å². The molecule has 0 atom stereocenters. The molecule has 0 radical (unpaired) electrons. The first-order valence-corrected chi connectivity index (χ1v) is 11.4. The molecule has 1 aliphatic rings. The van der Waals surface area contributed by atoms with Crippen LogP contribution in [0.4, 0.5) is 11.4 Å². The summed E-state index contributed by atoms with van der Waals surface area (Å²) < 4.78 is 44.6. The zero-order chi connectivity index (χ0) is 22.6. The lowest BCUT2D eigenvalue weighted by atomic mass is 10.2. The molecule has 2 N–H and O–H groups in total.